The van der Waals surface area contributed by atoms with Crippen molar-refractivity contribution in [3.05, 3.63) is 63.0 Å². The average Bonchev–Trinajstić information content (AvgIpc) is 3.43. The predicted octanol–water partition coefficient (Wildman–Crippen LogP) is 3.91. The maximum Gasteiger partial charge on any atom is 0.0921 e. The molecule has 0 unspecified atom stereocenters. The summed E-state index contributed by atoms with van der Waals surface area (Å²) in [6.45, 7) is 5.91. The van der Waals surface area contributed by atoms with E-state index < -0.39 is 0 Å². The van der Waals surface area contributed by atoms with E-state index in [0.29, 0.717) is 13.1 Å². The van der Waals surface area contributed by atoms with Crippen LogP contribution in [0, 0.1) is 0 Å². The molecule has 1 saturated heterocycles. The van der Waals surface area contributed by atoms with Gasteiger partial charge in [-0.05, 0) is 12.8 Å². The van der Waals surface area contributed by atoms with Crippen molar-refractivity contribution in [2.24, 2.45) is 0 Å². The Bertz CT molecular complexity index is 563. The molecule has 2 atom stereocenters. The van der Waals surface area contributed by atoms with Crippen LogP contribution in [0.5, 0.6) is 0 Å². The summed E-state index contributed by atoms with van der Waals surface area (Å²) in [4.78, 5) is 14.5. The van der Waals surface area contributed by atoms with Crippen LogP contribution in [-0.2, 0) is 26.0 Å². The van der Waals surface area contributed by atoms with Gasteiger partial charge in [-0.25, -0.2) is 9.97 Å². The second-order valence-electron chi connectivity index (χ2n) is 6.67. The van der Waals surface area contributed by atoms with Crippen molar-refractivity contribution in [1.82, 2.24) is 19.9 Å². The molecule has 0 radical (unpaired) electrons. The van der Waals surface area contributed by atoms with Gasteiger partial charge in [0, 0.05) is 23.8 Å². The molecular formula is C18H28Cl2MnN9-5. The van der Waals surface area contributed by atoms with Crippen LogP contribution in [0.25, 0.3) is 26.6 Å². The van der Waals surface area contributed by atoms with Crippen molar-refractivity contribution in [2.75, 3.05) is 52.4 Å². The molecule has 1 aliphatic heterocycles. The number of aromatic amines is 2. The fourth-order valence-electron chi connectivity index (χ4n) is 3.00. The SMILES string of the molecule is [Cl][Mn][Cl].c1ncc(C[C@H]2C[N-][C@H](Cc3cnc[nH]3)C[N-]CC[N-]CC[N-]CC[N-]2)[nH]1. The topological polar surface area (TPSA) is 128 Å². The quantitative estimate of drug-likeness (QED) is 0.623. The molecular weight excluding hydrogens is 468 g/mol. The molecule has 1 fully saturated rings. The Morgan fingerprint density at radius 3 is 1.80 bits per heavy atom. The molecule has 2 aromatic rings. The molecule has 3 heterocycles. The van der Waals surface area contributed by atoms with Gasteiger partial charge in [0.1, 0.15) is 0 Å². The first kappa shape index (κ1) is 25.6. The molecule has 0 aliphatic carbocycles. The first-order valence-electron chi connectivity index (χ1n) is 9.86. The number of hydrogen-bond donors (Lipinski definition) is 2. The number of aromatic nitrogens is 4. The Morgan fingerprint density at radius 1 is 0.767 bits per heavy atom. The fourth-order valence-corrected chi connectivity index (χ4v) is 3.00. The maximum absolute atomic E-state index is 4.94. The fraction of sp³-hybridized carbons (Fsp3) is 0.667. The third-order valence-electron chi connectivity index (χ3n) is 4.41. The third-order valence-corrected chi connectivity index (χ3v) is 4.41. The smallest absolute Gasteiger partial charge is 0.0921 e. The van der Waals surface area contributed by atoms with Crippen LogP contribution in [0.15, 0.2) is 25.0 Å². The maximum atomic E-state index is 4.94. The number of imidazole rings is 2. The molecule has 2 N–H and O–H groups in total. The molecule has 3 rings (SSSR count). The van der Waals surface area contributed by atoms with Crippen LogP contribution in [0.2, 0.25) is 0 Å². The number of hydrogen-bond acceptors (Lipinski definition) is 2. The van der Waals surface area contributed by atoms with E-state index in [1.807, 2.05) is 12.4 Å². The largest absolute Gasteiger partial charge is 0.665 e. The zero-order valence-corrected chi connectivity index (χ0v) is 19.5. The molecule has 1 aliphatic rings. The van der Waals surface area contributed by atoms with Gasteiger partial charge in [-0.15, -0.1) is 0 Å². The number of H-pyrrole nitrogens is 2. The van der Waals surface area contributed by atoms with Crippen LogP contribution < -0.4 is 0 Å². The van der Waals surface area contributed by atoms with Gasteiger partial charge >= 0.3 is 33.3 Å². The standard InChI is InChI=1S/C18H28N9.2ClH.Mn/c1-2-20-5-6-24-18(8-17-11-23-14-27-17)12-25-15(9-21-4-3-19-1)7-16-10-22-13-26-16;;;/h10-11,13-15,18H,1-9,12H2,(H,22,26)(H,23,27);2*1H;/q-5;;;+2/p-2/t15-,18+;;;/m1.../s1. The third kappa shape index (κ3) is 11.6. The summed E-state index contributed by atoms with van der Waals surface area (Å²) in [5.74, 6) is 0. The summed E-state index contributed by atoms with van der Waals surface area (Å²) < 4.78 is 0. The zero-order chi connectivity index (χ0) is 21.3. The van der Waals surface area contributed by atoms with E-state index >= 15 is 0 Å². The van der Waals surface area contributed by atoms with Crippen LogP contribution in [-0.4, -0.2) is 84.4 Å². The summed E-state index contributed by atoms with van der Waals surface area (Å²) >= 11 is 0.00694. The molecule has 0 saturated carbocycles. The van der Waals surface area contributed by atoms with Crippen LogP contribution in [0.3, 0.4) is 0 Å². The van der Waals surface area contributed by atoms with E-state index in [0.717, 1.165) is 63.5 Å². The monoisotopic (exact) mass is 495 g/mol. The number of nitrogens with zero attached hydrogens (tertiary/aromatic N) is 7. The van der Waals surface area contributed by atoms with Gasteiger partial charge in [0.2, 0.25) is 0 Å². The summed E-state index contributed by atoms with van der Waals surface area (Å²) in [7, 11) is 9.59. The van der Waals surface area contributed by atoms with Crippen LogP contribution in [0.1, 0.15) is 11.4 Å². The molecule has 12 heteroatoms. The van der Waals surface area contributed by atoms with E-state index in [-0.39, 0.29) is 25.2 Å². The van der Waals surface area contributed by atoms with Gasteiger partial charge < -0.3 is 36.6 Å². The minimum absolute atomic E-state index is 0.00694. The molecule has 0 spiro atoms. The molecule has 2 aromatic heterocycles. The van der Waals surface area contributed by atoms with Crippen molar-refractivity contribution in [3.63, 3.8) is 0 Å². The van der Waals surface area contributed by atoms with Crippen molar-refractivity contribution >= 4 is 20.2 Å². The van der Waals surface area contributed by atoms with E-state index in [9.17, 15) is 0 Å². The number of rotatable bonds is 4. The molecule has 0 amide bonds. The molecule has 171 valence electrons. The van der Waals surface area contributed by atoms with Crippen molar-refractivity contribution in [2.45, 2.75) is 24.9 Å². The Hall–Kier alpha value is -0.681. The Morgan fingerprint density at radius 2 is 1.27 bits per heavy atom. The molecule has 0 aromatic carbocycles. The van der Waals surface area contributed by atoms with Gasteiger partial charge in [-0.1, -0.05) is 0 Å². The van der Waals surface area contributed by atoms with Gasteiger partial charge in [0.15, 0.2) is 0 Å². The van der Waals surface area contributed by atoms with Gasteiger partial charge in [0.25, 0.3) is 0 Å². The summed E-state index contributed by atoms with van der Waals surface area (Å²) in [5.41, 5.74) is 2.17. The number of nitrogens with one attached hydrogen (secondary N) is 2. The van der Waals surface area contributed by atoms with E-state index in [4.69, 9.17) is 30.8 Å². The first-order chi connectivity index (χ1) is 14.8. The van der Waals surface area contributed by atoms with E-state index in [2.05, 4.69) is 35.9 Å². The normalized spacial score (nSPS) is 22.3. The Kier molecular flexibility index (Phi) is 14.4. The van der Waals surface area contributed by atoms with Crippen molar-refractivity contribution in [1.29, 1.82) is 0 Å². The predicted molar refractivity (Wildman–Crippen MR) is 120 cm³/mol. The first-order valence-corrected chi connectivity index (χ1v) is 13.1. The Labute approximate surface area is 193 Å². The molecule has 0 bridgehead atoms. The van der Waals surface area contributed by atoms with E-state index in [1.165, 1.54) is 0 Å². The minimum Gasteiger partial charge on any atom is -0.665 e. The van der Waals surface area contributed by atoms with Crippen molar-refractivity contribution < 1.29 is 13.1 Å². The molecule has 9 nitrogen and oxygen atoms in total. The average molecular weight is 496 g/mol. The summed E-state index contributed by atoms with van der Waals surface area (Å²) in [6, 6.07) is 0.250. The van der Waals surface area contributed by atoms with Crippen LogP contribution in [0.4, 0.5) is 0 Å². The minimum atomic E-state index is 0.00694. The van der Waals surface area contributed by atoms with Crippen LogP contribution >= 0.6 is 20.2 Å². The van der Waals surface area contributed by atoms with Gasteiger partial charge in [-0.3, -0.25) is 0 Å². The second kappa shape index (κ2) is 16.9. The van der Waals surface area contributed by atoms with Crippen molar-refractivity contribution in [3.8, 4) is 0 Å². The van der Waals surface area contributed by atoms with Gasteiger partial charge in [-0.2, -0.15) is 64.4 Å². The summed E-state index contributed by atoms with van der Waals surface area (Å²) in [5, 5.41) is 23.4. The second-order valence-corrected chi connectivity index (χ2v) is 8.62. The summed E-state index contributed by atoms with van der Waals surface area (Å²) in [6.07, 6.45) is 8.75. The zero-order valence-electron chi connectivity index (χ0n) is 16.8. The molecule has 30 heavy (non-hydrogen) atoms. The Balaban J connectivity index is 0.00000101. The van der Waals surface area contributed by atoms with E-state index in [1.54, 1.807) is 12.7 Å². The van der Waals surface area contributed by atoms with Gasteiger partial charge in [0.05, 0.1) is 12.7 Å². The number of halogens is 2.